The molecule has 0 saturated heterocycles. The van der Waals surface area contributed by atoms with Crippen LogP contribution in [0.25, 0.3) is 17.1 Å². The summed E-state index contributed by atoms with van der Waals surface area (Å²) in [5.41, 5.74) is 4.98. The molecule has 1 amide bonds. The first-order valence-corrected chi connectivity index (χ1v) is 8.35. The molecule has 1 N–H and O–H groups in total. The molecule has 7 heteroatoms. The number of nitrogens with zero attached hydrogens (tertiary/aromatic N) is 4. The van der Waals surface area contributed by atoms with Crippen molar-refractivity contribution >= 4 is 24.2 Å². The number of rotatable bonds is 4. The minimum absolute atomic E-state index is 0.136. The summed E-state index contributed by atoms with van der Waals surface area (Å²) in [5, 5.41) is 12.4. The molecule has 0 bridgehead atoms. The predicted molar refractivity (Wildman–Crippen MR) is 98.7 cm³/mol. The Kier molecular flexibility index (Phi) is 4.07. The highest BCUT2D eigenvalue weighted by Crippen LogP contribution is 2.30. The van der Waals surface area contributed by atoms with Crippen molar-refractivity contribution in [3.63, 3.8) is 0 Å². The topological polar surface area (TPSA) is 72.2 Å². The third kappa shape index (κ3) is 2.94. The number of nitrogens with one attached hydrogen (secondary N) is 1. The van der Waals surface area contributed by atoms with Crippen molar-refractivity contribution in [1.29, 1.82) is 0 Å². The zero-order valence-electron chi connectivity index (χ0n) is 13.2. The molecule has 25 heavy (non-hydrogen) atoms. The Morgan fingerprint density at radius 3 is 2.32 bits per heavy atom. The number of hydrazone groups is 1. The van der Waals surface area contributed by atoms with Crippen molar-refractivity contribution in [3.8, 4) is 17.1 Å². The summed E-state index contributed by atoms with van der Waals surface area (Å²) in [6, 6.07) is 19.7. The molecule has 124 valence electrons. The van der Waals surface area contributed by atoms with Crippen LogP contribution in [0.5, 0.6) is 0 Å². The Morgan fingerprint density at radius 1 is 1.00 bits per heavy atom. The Balaban J connectivity index is 1.85. The lowest BCUT2D eigenvalue weighted by atomic mass is 10.1. The van der Waals surface area contributed by atoms with E-state index in [1.54, 1.807) is 0 Å². The molecule has 0 aliphatic carbocycles. The average Bonchev–Trinajstić information content (AvgIpc) is 3.29. The van der Waals surface area contributed by atoms with Gasteiger partial charge in [-0.15, -0.1) is 10.2 Å². The fourth-order valence-corrected chi connectivity index (χ4v) is 3.08. The van der Waals surface area contributed by atoms with Gasteiger partial charge in [0.15, 0.2) is 11.6 Å². The van der Waals surface area contributed by atoms with Crippen LogP contribution >= 0.6 is 12.6 Å². The maximum absolute atomic E-state index is 11.5. The van der Waals surface area contributed by atoms with E-state index >= 15 is 0 Å². The van der Waals surface area contributed by atoms with Crippen LogP contribution in [-0.4, -0.2) is 26.4 Å². The first-order valence-electron chi connectivity index (χ1n) is 7.83. The van der Waals surface area contributed by atoms with E-state index in [1.165, 1.54) is 0 Å². The van der Waals surface area contributed by atoms with Gasteiger partial charge in [0.2, 0.25) is 5.91 Å². The van der Waals surface area contributed by atoms with Gasteiger partial charge in [0.05, 0.1) is 12.1 Å². The van der Waals surface area contributed by atoms with Crippen LogP contribution in [-0.2, 0) is 4.79 Å². The zero-order valence-corrected chi connectivity index (χ0v) is 14.1. The van der Waals surface area contributed by atoms with Gasteiger partial charge in [-0.05, 0) is 12.1 Å². The van der Waals surface area contributed by atoms with Gasteiger partial charge in [-0.1, -0.05) is 48.5 Å². The van der Waals surface area contributed by atoms with E-state index in [-0.39, 0.29) is 12.3 Å². The maximum atomic E-state index is 11.5. The van der Waals surface area contributed by atoms with Crippen LogP contribution in [0, 0.1) is 0 Å². The summed E-state index contributed by atoms with van der Waals surface area (Å²) in [6.45, 7) is 0. The highest BCUT2D eigenvalue weighted by atomic mass is 32.1. The molecule has 1 aliphatic rings. The fourth-order valence-electron chi connectivity index (χ4n) is 2.76. The van der Waals surface area contributed by atoms with Crippen LogP contribution in [0.1, 0.15) is 17.5 Å². The van der Waals surface area contributed by atoms with E-state index < -0.39 is 5.25 Å². The molecular formula is C18H15N5OS. The smallest absolute Gasteiger partial charge is 0.245 e. The second-order valence-corrected chi connectivity index (χ2v) is 6.15. The first kappa shape index (κ1) is 15.6. The molecule has 6 nitrogen and oxygen atoms in total. The summed E-state index contributed by atoms with van der Waals surface area (Å²) < 4.78 is 1.96. The lowest BCUT2D eigenvalue weighted by Gasteiger charge is -2.14. The van der Waals surface area contributed by atoms with Crippen LogP contribution < -0.4 is 5.43 Å². The standard InChI is InChI=1S/C18H15N5OS/c24-15-11-14(19-20-15)16(25)18-22-21-17(12-7-3-1-4-8-12)23(18)13-9-5-2-6-10-13/h1-10,16,25H,11H2,(H,20,24). The monoisotopic (exact) mass is 349 g/mol. The molecule has 0 spiro atoms. The molecule has 2 aromatic carbocycles. The second kappa shape index (κ2) is 6.52. The van der Waals surface area contributed by atoms with Crippen molar-refractivity contribution in [3.05, 3.63) is 66.5 Å². The lowest BCUT2D eigenvalue weighted by Crippen LogP contribution is -2.13. The van der Waals surface area contributed by atoms with Crippen molar-refractivity contribution in [2.45, 2.75) is 11.7 Å². The quantitative estimate of drug-likeness (QED) is 0.712. The van der Waals surface area contributed by atoms with Crippen LogP contribution in [0.2, 0.25) is 0 Å². The number of aromatic nitrogens is 3. The van der Waals surface area contributed by atoms with Crippen LogP contribution in [0.4, 0.5) is 0 Å². The Hall–Kier alpha value is -2.93. The number of benzene rings is 2. The number of para-hydroxylation sites is 1. The molecule has 2 heterocycles. The van der Waals surface area contributed by atoms with Crippen molar-refractivity contribution < 1.29 is 4.79 Å². The van der Waals surface area contributed by atoms with Crippen LogP contribution in [0.3, 0.4) is 0 Å². The van der Waals surface area contributed by atoms with Gasteiger partial charge >= 0.3 is 0 Å². The van der Waals surface area contributed by atoms with E-state index in [2.05, 4.69) is 33.4 Å². The first-order chi connectivity index (χ1) is 12.2. The minimum atomic E-state index is -0.427. The van der Waals surface area contributed by atoms with Gasteiger partial charge in [-0.25, -0.2) is 5.43 Å². The molecule has 4 rings (SSSR count). The molecule has 1 atom stereocenters. The SMILES string of the molecule is O=C1CC(C(S)c2nnc(-c3ccccc3)n2-c2ccccc2)=NN1. The molecule has 0 radical (unpaired) electrons. The second-order valence-electron chi connectivity index (χ2n) is 5.64. The summed E-state index contributed by atoms with van der Waals surface area (Å²) >= 11 is 4.65. The van der Waals surface area contributed by atoms with E-state index in [0.29, 0.717) is 11.5 Å². The summed E-state index contributed by atoms with van der Waals surface area (Å²) in [5.74, 6) is 1.21. The zero-order chi connectivity index (χ0) is 17.2. The van der Waals surface area contributed by atoms with Gasteiger partial charge < -0.3 is 0 Å². The molecule has 1 unspecified atom stereocenters. The lowest BCUT2D eigenvalue weighted by molar-refractivity contribution is -0.119. The molecule has 0 fully saturated rings. The number of carbonyl (C=O) groups is 1. The van der Waals surface area contributed by atoms with Gasteiger partial charge in [-0.3, -0.25) is 9.36 Å². The van der Waals surface area contributed by atoms with Crippen LogP contribution in [0.15, 0.2) is 65.8 Å². The van der Waals surface area contributed by atoms with Crippen molar-refractivity contribution in [1.82, 2.24) is 20.2 Å². The fraction of sp³-hybridized carbons (Fsp3) is 0.111. The number of amides is 1. The molecule has 0 saturated carbocycles. The summed E-state index contributed by atoms with van der Waals surface area (Å²) in [7, 11) is 0. The molecular weight excluding hydrogens is 334 g/mol. The van der Waals surface area contributed by atoms with Crippen molar-refractivity contribution in [2.24, 2.45) is 5.10 Å². The summed E-state index contributed by atoms with van der Waals surface area (Å²) in [6.07, 6.45) is 0.219. The van der Waals surface area contributed by atoms with E-state index in [9.17, 15) is 4.79 Å². The Bertz CT molecular complexity index is 937. The largest absolute Gasteiger partial charge is 0.278 e. The number of hydrogen-bond donors (Lipinski definition) is 2. The van der Waals surface area contributed by atoms with Gasteiger partial charge in [0, 0.05) is 11.3 Å². The Labute approximate surface area is 150 Å². The maximum Gasteiger partial charge on any atom is 0.245 e. The number of hydrogen-bond acceptors (Lipinski definition) is 5. The Morgan fingerprint density at radius 2 is 1.68 bits per heavy atom. The molecule has 1 aromatic heterocycles. The number of thiol groups is 1. The molecule has 3 aromatic rings. The van der Waals surface area contributed by atoms with E-state index in [1.807, 2.05) is 65.2 Å². The predicted octanol–water partition coefficient (Wildman–Crippen LogP) is 2.78. The summed E-state index contributed by atoms with van der Waals surface area (Å²) in [4.78, 5) is 11.5. The average molecular weight is 349 g/mol. The molecule has 1 aliphatic heterocycles. The van der Waals surface area contributed by atoms with Gasteiger partial charge in [-0.2, -0.15) is 17.7 Å². The van der Waals surface area contributed by atoms with Gasteiger partial charge in [0.1, 0.15) is 5.25 Å². The highest BCUT2D eigenvalue weighted by Gasteiger charge is 2.28. The highest BCUT2D eigenvalue weighted by molar-refractivity contribution is 7.81. The normalized spacial score (nSPS) is 14.9. The van der Waals surface area contributed by atoms with E-state index in [0.717, 1.165) is 17.1 Å². The minimum Gasteiger partial charge on any atom is -0.278 e. The van der Waals surface area contributed by atoms with E-state index in [4.69, 9.17) is 0 Å². The van der Waals surface area contributed by atoms with Crippen molar-refractivity contribution in [2.75, 3.05) is 0 Å². The number of carbonyl (C=O) groups excluding carboxylic acids is 1. The third-order valence-corrected chi connectivity index (χ3v) is 4.49. The van der Waals surface area contributed by atoms with Gasteiger partial charge in [0.25, 0.3) is 0 Å². The third-order valence-electron chi connectivity index (χ3n) is 3.96.